The molecule has 1 aromatic carbocycles. The highest BCUT2D eigenvalue weighted by atomic mass is 16.5. The van der Waals surface area contributed by atoms with Gasteiger partial charge in [-0.2, -0.15) is 0 Å². The van der Waals surface area contributed by atoms with Gasteiger partial charge in [0.1, 0.15) is 5.75 Å². The Morgan fingerprint density at radius 2 is 2.10 bits per heavy atom. The van der Waals surface area contributed by atoms with Crippen LogP contribution in [-0.2, 0) is 16.1 Å². The molecule has 5 nitrogen and oxygen atoms in total. The topological polar surface area (TPSA) is 60.7 Å². The summed E-state index contributed by atoms with van der Waals surface area (Å²) in [6.45, 7) is 5.02. The molecule has 0 amide bonds. The van der Waals surface area contributed by atoms with Gasteiger partial charge in [-0.25, -0.2) is 4.79 Å². The van der Waals surface area contributed by atoms with Crippen LogP contribution in [0.15, 0.2) is 30.5 Å². The molecule has 0 bridgehead atoms. The largest absolute Gasteiger partial charge is 0.494 e. The maximum atomic E-state index is 11.1. The maximum absolute atomic E-state index is 11.1. The van der Waals surface area contributed by atoms with Crippen LogP contribution in [0.1, 0.15) is 13.8 Å². The van der Waals surface area contributed by atoms with Crippen LogP contribution in [-0.4, -0.2) is 35.0 Å². The van der Waals surface area contributed by atoms with E-state index in [-0.39, 0.29) is 0 Å². The number of rotatable bonds is 7. The van der Waals surface area contributed by atoms with E-state index in [9.17, 15) is 4.79 Å². The fraction of sp³-hybridized carbons (Fsp3) is 0.400. The summed E-state index contributed by atoms with van der Waals surface area (Å²) in [5.41, 5.74) is 0.972. The van der Waals surface area contributed by atoms with E-state index < -0.39 is 12.1 Å². The molecule has 0 aliphatic heterocycles. The number of benzene rings is 1. The van der Waals surface area contributed by atoms with E-state index in [1.807, 2.05) is 42.0 Å². The van der Waals surface area contributed by atoms with Crippen molar-refractivity contribution >= 4 is 16.9 Å². The first-order chi connectivity index (χ1) is 9.65. The first-order valence-corrected chi connectivity index (χ1v) is 6.71. The summed E-state index contributed by atoms with van der Waals surface area (Å²) < 4.78 is 12.6. The standard InChI is InChI=1S/C15H19NO4/c1-3-19-12-5-6-13-11(9-12)7-8-16(13)10-14(15(17)18)20-4-2/h5-9,14H,3-4,10H2,1-2H3,(H,17,18). The van der Waals surface area contributed by atoms with Gasteiger partial charge in [0.25, 0.3) is 0 Å². The second-order valence-corrected chi connectivity index (χ2v) is 4.40. The predicted molar refractivity (Wildman–Crippen MR) is 76.2 cm³/mol. The molecule has 0 saturated heterocycles. The van der Waals surface area contributed by atoms with Crippen molar-refractivity contribution in [3.05, 3.63) is 30.5 Å². The minimum absolute atomic E-state index is 0.292. The zero-order valence-corrected chi connectivity index (χ0v) is 11.7. The third-order valence-electron chi connectivity index (χ3n) is 3.06. The lowest BCUT2D eigenvalue weighted by Gasteiger charge is -2.14. The Hall–Kier alpha value is -2.01. The van der Waals surface area contributed by atoms with E-state index >= 15 is 0 Å². The molecule has 20 heavy (non-hydrogen) atoms. The molecule has 1 atom stereocenters. The number of aliphatic carboxylic acids is 1. The number of hydrogen-bond acceptors (Lipinski definition) is 3. The molecule has 0 aliphatic rings. The van der Waals surface area contributed by atoms with Crippen molar-refractivity contribution in [3.8, 4) is 5.75 Å². The summed E-state index contributed by atoms with van der Waals surface area (Å²) in [5.74, 6) is -0.128. The molecular weight excluding hydrogens is 258 g/mol. The van der Waals surface area contributed by atoms with Gasteiger partial charge in [-0.05, 0) is 38.1 Å². The van der Waals surface area contributed by atoms with Crippen LogP contribution < -0.4 is 4.74 Å². The van der Waals surface area contributed by atoms with Crippen molar-refractivity contribution in [1.82, 2.24) is 4.57 Å². The lowest BCUT2D eigenvalue weighted by molar-refractivity contribution is -0.150. The van der Waals surface area contributed by atoms with Gasteiger partial charge in [0.05, 0.1) is 13.2 Å². The smallest absolute Gasteiger partial charge is 0.334 e. The number of carboxylic acids is 1. The van der Waals surface area contributed by atoms with Gasteiger partial charge in [-0.1, -0.05) is 0 Å². The number of carboxylic acid groups (broad SMARTS) is 1. The number of aromatic nitrogens is 1. The van der Waals surface area contributed by atoms with Crippen LogP contribution >= 0.6 is 0 Å². The van der Waals surface area contributed by atoms with Crippen molar-refractivity contribution in [2.75, 3.05) is 13.2 Å². The van der Waals surface area contributed by atoms with E-state index in [0.29, 0.717) is 19.8 Å². The second-order valence-electron chi connectivity index (χ2n) is 4.40. The summed E-state index contributed by atoms with van der Waals surface area (Å²) in [6, 6.07) is 7.72. The molecule has 0 spiro atoms. The maximum Gasteiger partial charge on any atom is 0.334 e. The Morgan fingerprint density at radius 3 is 2.75 bits per heavy atom. The molecule has 2 rings (SSSR count). The molecule has 2 aromatic rings. The second kappa shape index (κ2) is 6.43. The molecule has 0 fully saturated rings. The number of carbonyl (C=O) groups is 1. The molecule has 1 aromatic heterocycles. The molecule has 0 saturated carbocycles. The Kier molecular flexibility index (Phi) is 4.63. The quantitative estimate of drug-likeness (QED) is 0.844. The van der Waals surface area contributed by atoms with Crippen LogP contribution in [0.3, 0.4) is 0 Å². The summed E-state index contributed by atoms with van der Waals surface area (Å²) in [6.07, 6.45) is 1.04. The monoisotopic (exact) mass is 277 g/mol. The predicted octanol–water partition coefficient (Wildman–Crippen LogP) is 2.53. The summed E-state index contributed by atoms with van der Waals surface area (Å²) >= 11 is 0. The summed E-state index contributed by atoms with van der Waals surface area (Å²) in [7, 11) is 0. The highest BCUT2D eigenvalue weighted by Gasteiger charge is 2.18. The van der Waals surface area contributed by atoms with Crippen LogP contribution in [0.2, 0.25) is 0 Å². The van der Waals surface area contributed by atoms with Gasteiger partial charge in [0.15, 0.2) is 6.10 Å². The average molecular weight is 277 g/mol. The summed E-state index contributed by atoms with van der Waals surface area (Å²) in [4.78, 5) is 11.1. The van der Waals surface area contributed by atoms with Crippen molar-refractivity contribution in [2.45, 2.75) is 26.5 Å². The minimum Gasteiger partial charge on any atom is -0.494 e. The molecule has 1 unspecified atom stereocenters. The Labute approximate surface area is 117 Å². The van der Waals surface area contributed by atoms with Crippen LogP contribution in [0.5, 0.6) is 5.75 Å². The highest BCUT2D eigenvalue weighted by Crippen LogP contribution is 2.22. The van der Waals surface area contributed by atoms with Crippen molar-refractivity contribution in [1.29, 1.82) is 0 Å². The van der Waals surface area contributed by atoms with Crippen LogP contribution in [0.25, 0.3) is 10.9 Å². The lowest BCUT2D eigenvalue weighted by Crippen LogP contribution is -2.28. The van der Waals surface area contributed by atoms with Crippen molar-refractivity contribution in [3.63, 3.8) is 0 Å². The van der Waals surface area contributed by atoms with E-state index in [1.165, 1.54) is 0 Å². The third kappa shape index (κ3) is 3.11. The molecule has 0 radical (unpaired) electrons. The zero-order valence-electron chi connectivity index (χ0n) is 11.7. The first kappa shape index (κ1) is 14.4. The van der Waals surface area contributed by atoms with Gasteiger partial charge in [-0.3, -0.25) is 0 Å². The van der Waals surface area contributed by atoms with E-state index in [0.717, 1.165) is 16.7 Å². The Morgan fingerprint density at radius 1 is 1.30 bits per heavy atom. The molecular formula is C15H19NO4. The zero-order chi connectivity index (χ0) is 14.5. The van der Waals surface area contributed by atoms with Crippen LogP contribution in [0, 0.1) is 0 Å². The number of fused-ring (bicyclic) bond motifs is 1. The fourth-order valence-corrected chi connectivity index (χ4v) is 2.18. The SMILES string of the molecule is CCOc1ccc2c(ccn2CC(OCC)C(=O)O)c1. The number of ether oxygens (including phenoxy) is 2. The average Bonchev–Trinajstić information content (AvgIpc) is 2.81. The normalized spacial score (nSPS) is 12.5. The molecule has 5 heteroatoms. The molecule has 108 valence electrons. The Bertz CT molecular complexity index is 591. The molecule has 0 aliphatic carbocycles. The fourth-order valence-electron chi connectivity index (χ4n) is 2.18. The van der Waals surface area contributed by atoms with Gasteiger partial charge in [0.2, 0.25) is 0 Å². The van der Waals surface area contributed by atoms with Crippen LogP contribution in [0.4, 0.5) is 0 Å². The van der Waals surface area contributed by atoms with Gasteiger partial charge >= 0.3 is 5.97 Å². The van der Waals surface area contributed by atoms with E-state index in [1.54, 1.807) is 6.92 Å². The highest BCUT2D eigenvalue weighted by molar-refractivity contribution is 5.82. The van der Waals surface area contributed by atoms with Crippen molar-refractivity contribution in [2.24, 2.45) is 0 Å². The Balaban J connectivity index is 2.24. The van der Waals surface area contributed by atoms with E-state index in [4.69, 9.17) is 14.6 Å². The minimum atomic E-state index is -0.945. The lowest BCUT2D eigenvalue weighted by atomic mass is 10.2. The molecule has 1 N–H and O–H groups in total. The van der Waals surface area contributed by atoms with Gasteiger partial charge < -0.3 is 19.1 Å². The van der Waals surface area contributed by atoms with Gasteiger partial charge in [-0.15, -0.1) is 0 Å². The van der Waals surface area contributed by atoms with Gasteiger partial charge in [0, 0.05) is 23.7 Å². The first-order valence-electron chi connectivity index (χ1n) is 6.71. The number of hydrogen-bond donors (Lipinski definition) is 1. The molecule has 1 heterocycles. The third-order valence-corrected chi connectivity index (χ3v) is 3.06. The van der Waals surface area contributed by atoms with Crippen molar-refractivity contribution < 1.29 is 19.4 Å². The number of nitrogens with zero attached hydrogens (tertiary/aromatic N) is 1. The van der Waals surface area contributed by atoms with E-state index in [2.05, 4.69) is 0 Å². The summed E-state index contributed by atoms with van der Waals surface area (Å²) in [5, 5.41) is 10.2.